The number of urea groups is 1. The minimum absolute atomic E-state index is 0.166. The largest absolute Gasteiger partial charge is 0.497 e. The average Bonchev–Trinajstić information content (AvgIpc) is 3.18. The van der Waals surface area contributed by atoms with Gasteiger partial charge in [-0.1, -0.05) is 56.3 Å². The van der Waals surface area contributed by atoms with Gasteiger partial charge in [-0.25, -0.2) is 4.79 Å². The normalized spacial score (nSPS) is 18.7. The van der Waals surface area contributed by atoms with E-state index in [1.807, 2.05) is 56.3 Å². The van der Waals surface area contributed by atoms with E-state index in [0.29, 0.717) is 23.6 Å². The molecule has 2 aromatic carbocycles. The van der Waals surface area contributed by atoms with Crippen molar-refractivity contribution in [2.75, 3.05) is 27.2 Å². The van der Waals surface area contributed by atoms with Crippen LogP contribution >= 0.6 is 0 Å². The van der Waals surface area contributed by atoms with Gasteiger partial charge >= 0.3 is 6.03 Å². The van der Waals surface area contributed by atoms with Crippen LogP contribution < -0.4 is 15.4 Å². The minimum atomic E-state index is -0.807. The third-order valence-electron chi connectivity index (χ3n) is 6.20. The summed E-state index contributed by atoms with van der Waals surface area (Å²) in [7, 11) is 3.22. The van der Waals surface area contributed by atoms with Crippen LogP contribution in [0.25, 0.3) is 0 Å². The maximum absolute atomic E-state index is 13.8. The maximum Gasteiger partial charge on any atom is 0.322 e. The zero-order valence-corrected chi connectivity index (χ0v) is 19.9. The highest BCUT2D eigenvalue weighted by Gasteiger charge is 2.46. The molecule has 2 aliphatic heterocycles. The molecule has 0 fully saturated rings. The van der Waals surface area contributed by atoms with Crippen LogP contribution in [0.4, 0.5) is 4.79 Å². The van der Waals surface area contributed by atoms with Gasteiger partial charge in [0, 0.05) is 13.6 Å². The number of nitrogens with one attached hydrogen (secondary N) is 2. The Hall–Kier alpha value is -3.81. The summed E-state index contributed by atoms with van der Waals surface area (Å²) in [6.07, 6.45) is 0. The van der Waals surface area contributed by atoms with Gasteiger partial charge in [-0.2, -0.15) is 0 Å². The maximum atomic E-state index is 13.8. The number of hydrogen-bond donors (Lipinski definition) is 2. The van der Waals surface area contributed by atoms with Crippen molar-refractivity contribution in [3.8, 4) is 5.75 Å². The molecule has 4 rings (SSSR count). The number of methoxy groups -OCH3 is 1. The van der Waals surface area contributed by atoms with Crippen LogP contribution in [0.1, 0.15) is 37.1 Å². The van der Waals surface area contributed by atoms with Crippen LogP contribution in [0.15, 0.2) is 65.9 Å². The number of carbonyl (C=O) groups excluding carboxylic acids is 3. The Bertz CT molecular complexity index is 1110. The molecule has 4 amide bonds. The molecule has 8 heteroatoms. The Kier molecular flexibility index (Phi) is 6.58. The first kappa shape index (κ1) is 23.4. The molecule has 0 saturated carbocycles. The first-order valence-corrected chi connectivity index (χ1v) is 11.4. The molecule has 8 nitrogen and oxygen atoms in total. The van der Waals surface area contributed by atoms with Gasteiger partial charge in [-0.3, -0.25) is 14.5 Å². The third kappa shape index (κ3) is 4.35. The van der Waals surface area contributed by atoms with Gasteiger partial charge in [0.05, 0.1) is 31.0 Å². The van der Waals surface area contributed by atoms with E-state index in [-0.39, 0.29) is 30.3 Å². The van der Waals surface area contributed by atoms with Gasteiger partial charge in [0.2, 0.25) is 5.91 Å². The number of benzene rings is 2. The molecule has 2 unspecified atom stereocenters. The van der Waals surface area contributed by atoms with E-state index >= 15 is 0 Å². The highest BCUT2D eigenvalue weighted by Crippen LogP contribution is 2.39. The molecule has 2 atom stereocenters. The second kappa shape index (κ2) is 9.59. The Morgan fingerprint density at radius 3 is 2.41 bits per heavy atom. The van der Waals surface area contributed by atoms with Gasteiger partial charge in [0.15, 0.2) is 0 Å². The quantitative estimate of drug-likeness (QED) is 0.662. The number of rotatable bonds is 7. The summed E-state index contributed by atoms with van der Waals surface area (Å²) in [5, 5.41) is 5.90. The molecule has 178 valence electrons. The van der Waals surface area contributed by atoms with Crippen LogP contribution in [0.5, 0.6) is 5.75 Å². The lowest BCUT2D eigenvalue weighted by Gasteiger charge is -2.31. The van der Waals surface area contributed by atoms with Crippen LogP contribution in [0, 0.1) is 5.92 Å². The molecule has 0 aromatic heterocycles. The molecule has 2 N–H and O–H groups in total. The first-order chi connectivity index (χ1) is 16.3. The molecule has 2 heterocycles. The number of nitrogens with zero attached hydrogens (tertiary/aromatic N) is 2. The number of hydrogen-bond acceptors (Lipinski definition) is 4. The van der Waals surface area contributed by atoms with E-state index in [1.165, 1.54) is 4.90 Å². The predicted molar refractivity (Wildman–Crippen MR) is 128 cm³/mol. The van der Waals surface area contributed by atoms with Crippen LogP contribution in [-0.2, 0) is 9.59 Å². The SMILES string of the molecule is COc1ccc(C2NC(=O)N(C)C3=C2C(=O)N(C(C(=O)NCC(C)C)c2ccccc2)C3)cc1. The highest BCUT2D eigenvalue weighted by molar-refractivity contribution is 6.03. The lowest BCUT2D eigenvalue weighted by Crippen LogP contribution is -2.45. The fourth-order valence-electron chi connectivity index (χ4n) is 4.35. The van der Waals surface area contributed by atoms with Gasteiger partial charge < -0.3 is 20.3 Å². The fraction of sp³-hybridized carbons (Fsp3) is 0.346. The second-order valence-corrected chi connectivity index (χ2v) is 8.96. The van der Waals surface area contributed by atoms with Crippen LogP contribution in [0.3, 0.4) is 0 Å². The molecule has 0 bridgehead atoms. The molecule has 34 heavy (non-hydrogen) atoms. The van der Waals surface area contributed by atoms with Gasteiger partial charge in [0.1, 0.15) is 11.8 Å². The van der Waals surface area contributed by atoms with Gasteiger partial charge in [-0.15, -0.1) is 0 Å². The molecule has 2 aromatic rings. The zero-order chi connectivity index (χ0) is 24.4. The number of ether oxygens (including phenoxy) is 1. The van der Waals surface area contributed by atoms with Crippen molar-refractivity contribution in [2.45, 2.75) is 25.9 Å². The molecule has 0 spiro atoms. The Labute approximate surface area is 199 Å². The summed E-state index contributed by atoms with van der Waals surface area (Å²) in [6, 6.07) is 14.8. The van der Waals surface area contributed by atoms with Crippen molar-refractivity contribution < 1.29 is 19.1 Å². The Morgan fingerprint density at radius 1 is 1.12 bits per heavy atom. The van der Waals surface area contributed by atoms with Crippen molar-refractivity contribution in [1.29, 1.82) is 0 Å². The number of amides is 4. The van der Waals surface area contributed by atoms with Crippen LogP contribution in [0.2, 0.25) is 0 Å². The lowest BCUT2D eigenvalue weighted by molar-refractivity contribution is -0.136. The number of carbonyl (C=O) groups is 3. The van der Waals surface area contributed by atoms with Crippen molar-refractivity contribution in [1.82, 2.24) is 20.4 Å². The van der Waals surface area contributed by atoms with Crippen molar-refractivity contribution >= 4 is 17.8 Å². The summed E-state index contributed by atoms with van der Waals surface area (Å²) >= 11 is 0. The molecule has 0 radical (unpaired) electrons. The molecule has 0 saturated heterocycles. The third-order valence-corrected chi connectivity index (χ3v) is 6.20. The van der Waals surface area contributed by atoms with Crippen molar-refractivity contribution in [2.24, 2.45) is 5.92 Å². The average molecular weight is 463 g/mol. The summed E-state index contributed by atoms with van der Waals surface area (Å²) < 4.78 is 5.24. The van der Waals surface area contributed by atoms with E-state index in [2.05, 4.69) is 10.6 Å². The number of likely N-dealkylation sites (N-methyl/N-ethyl adjacent to an activating group) is 1. The van der Waals surface area contributed by atoms with Crippen molar-refractivity contribution in [3.05, 3.63) is 77.0 Å². The standard InChI is InChI=1S/C26H30N4O4/c1-16(2)14-27-24(31)23(18-8-6-5-7-9-18)30-15-20-21(25(30)32)22(28-26(33)29(20)3)17-10-12-19(34-4)13-11-17/h5-13,16,22-23H,14-15H2,1-4H3,(H,27,31)(H,28,33). The zero-order valence-electron chi connectivity index (χ0n) is 19.9. The molecule has 2 aliphatic rings. The molecular weight excluding hydrogens is 432 g/mol. The highest BCUT2D eigenvalue weighted by atomic mass is 16.5. The van der Waals surface area contributed by atoms with Crippen LogP contribution in [-0.4, -0.2) is 54.9 Å². The van der Waals surface area contributed by atoms with E-state index in [0.717, 1.165) is 11.1 Å². The predicted octanol–water partition coefficient (Wildman–Crippen LogP) is 3.00. The summed E-state index contributed by atoms with van der Waals surface area (Å²) in [5.74, 6) is 0.447. The van der Waals surface area contributed by atoms with E-state index in [1.54, 1.807) is 31.2 Å². The minimum Gasteiger partial charge on any atom is -0.497 e. The first-order valence-electron chi connectivity index (χ1n) is 11.4. The summed E-state index contributed by atoms with van der Waals surface area (Å²) in [5.41, 5.74) is 2.57. The smallest absolute Gasteiger partial charge is 0.322 e. The van der Waals surface area contributed by atoms with E-state index in [4.69, 9.17) is 4.74 Å². The summed E-state index contributed by atoms with van der Waals surface area (Å²) in [6.45, 7) is 4.71. The van der Waals surface area contributed by atoms with Gasteiger partial charge in [-0.05, 0) is 29.2 Å². The molecular formula is C26H30N4O4. The van der Waals surface area contributed by atoms with E-state index < -0.39 is 12.1 Å². The van der Waals surface area contributed by atoms with E-state index in [9.17, 15) is 14.4 Å². The van der Waals surface area contributed by atoms with Gasteiger partial charge in [0.25, 0.3) is 5.91 Å². The lowest BCUT2D eigenvalue weighted by atomic mass is 9.95. The summed E-state index contributed by atoms with van der Waals surface area (Å²) in [4.78, 5) is 42.9. The topological polar surface area (TPSA) is 91.0 Å². The molecule has 0 aliphatic carbocycles. The fourth-order valence-corrected chi connectivity index (χ4v) is 4.35. The van der Waals surface area contributed by atoms with Crippen molar-refractivity contribution in [3.63, 3.8) is 0 Å². The Balaban J connectivity index is 1.71. The Morgan fingerprint density at radius 2 is 1.79 bits per heavy atom. The monoisotopic (exact) mass is 462 g/mol. The second-order valence-electron chi connectivity index (χ2n) is 8.96.